The van der Waals surface area contributed by atoms with Crippen LogP contribution in [-0.4, -0.2) is 27.2 Å². The molecule has 0 heterocycles. The van der Waals surface area contributed by atoms with Crippen LogP contribution in [0.25, 0.3) is 0 Å². The van der Waals surface area contributed by atoms with Gasteiger partial charge in [0.2, 0.25) is 10.0 Å². The van der Waals surface area contributed by atoms with E-state index in [1.54, 1.807) is 0 Å². The second-order valence-electron chi connectivity index (χ2n) is 2.96. The summed E-state index contributed by atoms with van der Waals surface area (Å²) >= 11 is 5.40. The van der Waals surface area contributed by atoms with E-state index in [0.29, 0.717) is 0 Å². The van der Waals surface area contributed by atoms with Crippen molar-refractivity contribution in [1.82, 2.24) is 0 Å². The number of carbonyl (C=O) groups is 1. The zero-order valence-corrected chi connectivity index (χ0v) is 10.0. The first-order chi connectivity index (χ1) is 7.40. The van der Waals surface area contributed by atoms with E-state index in [1.807, 2.05) is 0 Å². The third-order valence-electron chi connectivity index (χ3n) is 1.92. The molecule has 88 valence electrons. The number of sulfonamides is 1. The number of Topliss-reactive ketones (excluding diaryl/α,β-unsaturated/α-hetero) is 1. The molecule has 0 fully saturated rings. The van der Waals surface area contributed by atoms with E-state index < -0.39 is 15.8 Å². The Balaban J connectivity index is 3.38. The molecule has 1 aromatic rings. The molecule has 0 aliphatic rings. The molecular formula is C9H10ClNO4S. The average Bonchev–Trinajstić information content (AvgIpc) is 2.25. The summed E-state index contributed by atoms with van der Waals surface area (Å²) in [6.07, 6.45) is 0. The van der Waals surface area contributed by atoms with Crippen molar-refractivity contribution in [2.75, 3.05) is 13.0 Å². The largest absolute Gasteiger partial charge is 0.496 e. The van der Waals surface area contributed by atoms with Crippen molar-refractivity contribution in [3.05, 3.63) is 23.8 Å². The lowest BCUT2D eigenvalue weighted by Crippen LogP contribution is -2.13. The number of rotatable bonds is 4. The molecule has 16 heavy (non-hydrogen) atoms. The second kappa shape index (κ2) is 4.82. The molecule has 0 unspecified atom stereocenters. The quantitative estimate of drug-likeness (QED) is 0.642. The van der Waals surface area contributed by atoms with Gasteiger partial charge in [0.15, 0.2) is 5.78 Å². The van der Waals surface area contributed by atoms with Crippen LogP contribution in [0, 0.1) is 0 Å². The van der Waals surface area contributed by atoms with Crippen molar-refractivity contribution in [3.8, 4) is 5.75 Å². The van der Waals surface area contributed by atoms with Crippen molar-refractivity contribution in [3.63, 3.8) is 0 Å². The van der Waals surface area contributed by atoms with Crippen molar-refractivity contribution >= 4 is 27.4 Å². The Morgan fingerprint density at radius 3 is 2.56 bits per heavy atom. The monoisotopic (exact) mass is 263 g/mol. The van der Waals surface area contributed by atoms with Gasteiger partial charge in [0, 0.05) is 0 Å². The van der Waals surface area contributed by atoms with Crippen LogP contribution in [0.3, 0.4) is 0 Å². The molecular weight excluding hydrogens is 254 g/mol. The van der Waals surface area contributed by atoms with Gasteiger partial charge in [0.25, 0.3) is 0 Å². The molecule has 5 nitrogen and oxygen atoms in total. The van der Waals surface area contributed by atoms with Gasteiger partial charge in [-0.05, 0) is 18.2 Å². The van der Waals surface area contributed by atoms with Crippen LogP contribution in [0.15, 0.2) is 23.1 Å². The number of carbonyl (C=O) groups excluding carboxylic acids is 1. The Kier molecular flexibility index (Phi) is 3.90. The highest BCUT2D eigenvalue weighted by Gasteiger charge is 2.16. The lowest BCUT2D eigenvalue weighted by Gasteiger charge is -2.07. The first kappa shape index (κ1) is 13.0. The minimum absolute atomic E-state index is 0.101. The van der Waals surface area contributed by atoms with Crippen LogP contribution in [0.1, 0.15) is 10.4 Å². The minimum atomic E-state index is -3.84. The molecule has 0 saturated heterocycles. The molecule has 2 N–H and O–H groups in total. The van der Waals surface area contributed by atoms with Gasteiger partial charge >= 0.3 is 0 Å². The maximum absolute atomic E-state index is 11.4. The summed E-state index contributed by atoms with van der Waals surface area (Å²) in [5, 5.41) is 4.95. The third kappa shape index (κ3) is 2.72. The van der Waals surface area contributed by atoms with Crippen LogP contribution in [0.4, 0.5) is 0 Å². The molecule has 0 bridgehead atoms. The number of hydrogen-bond donors (Lipinski definition) is 1. The molecule has 1 rings (SSSR count). The lowest BCUT2D eigenvalue weighted by molar-refractivity contribution is 0.101. The molecule has 1 aromatic carbocycles. The predicted octanol–water partition coefficient (Wildman–Crippen LogP) is 0.764. The lowest BCUT2D eigenvalue weighted by atomic mass is 10.1. The highest BCUT2D eigenvalue weighted by atomic mass is 35.5. The fourth-order valence-electron chi connectivity index (χ4n) is 1.15. The van der Waals surface area contributed by atoms with Gasteiger partial charge < -0.3 is 4.74 Å². The van der Waals surface area contributed by atoms with Crippen molar-refractivity contribution in [2.45, 2.75) is 4.90 Å². The molecule has 0 atom stereocenters. The van der Waals surface area contributed by atoms with Crippen LogP contribution in [0.2, 0.25) is 0 Å². The predicted molar refractivity (Wildman–Crippen MR) is 59.4 cm³/mol. The summed E-state index contributed by atoms with van der Waals surface area (Å²) in [5.74, 6) is -0.424. The Hall–Kier alpha value is -1.11. The van der Waals surface area contributed by atoms with E-state index >= 15 is 0 Å². The summed E-state index contributed by atoms with van der Waals surface area (Å²) < 4.78 is 27.1. The normalized spacial score (nSPS) is 11.2. The van der Waals surface area contributed by atoms with Gasteiger partial charge in [-0.1, -0.05) is 0 Å². The average molecular weight is 264 g/mol. The Morgan fingerprint density at radius 1 is 1.50 bits per heavy atom. The van der Waals surface area contributed by atoms with Crippen molar-refractivity contribution < 1.29 is 17.9 Å². The Bertz CT molecular complexity index is 512. The van der Waals surface area contributed by atoms with Gasteiger partial charge in [-0.3, -0.25) is 4.79 Å². The first-order valence-electron chi connectivity index (χ1n) is 4.20. The maximum Gasteiger partial charge on any atom is 0.238 e. The van der Waals surface area contributed by atoms with E-state index in [2.05, 4.69) is 0 Å². The first-order valence-corrected chi connectivity index (χ1v) is 6.28. The van der Waals surface area contributed by atoms with E-state index in [4.69, 9.17) is 21.5 Å². The molecule has 0 aromatic heterocycles. The van der Waals surface area contributed by atoms with Gasteiger partial charge in [0.1, 0.15) is 5.75 Å². The van der Waals surface area contributed by atoms with E-state index in [1.165, 1.54) is 19.2 Å². The minimum Gasteiger partial charge on any atom is -0.496 e. The van der Waals surface area contributed by atoms with Gasteiger partial charge in [-0.2, -0.15) is 0 Å². The molecule has 7 heteroatoms. The number of primary sulfonamides is 1. The van der Waals surface area contributed by atoms with Gasteiger partial charge in [0.05, 0.1) is 23.4 Å². The molecule has 0 amide bonds. The van der Waals surface area contributed by atoms with E-state index in [-0.39, 0.29) is 22.1 Å². The maximum atomic E-state index is 11.4. The van der Waals surface area contributed by atoms with Crippen LogP contribution < -0.4 is 9.88 Å². The number of methoxy groups -OCH3 is 1. The number of benzene rings is 1. The summed E-state index contributed by atoms with van der Waals surface area (Å²) in [6.45, 7) is 0. The molecule has 0 aliphatic heterocycles. The number of nitrogens with two attached hydrogens (primary N) is 1. The number of ether oxygens (including phenoxy) is 1. The van der Waals surface area contributed by atoms with Crippen LogP contribution >= 0.6 is 11.6 Å². The number of hydrogen-bond acceptors (Lipinski definition) is 4. The SMILES string of the molecule is COc1ccc(S(N)(=O)=O)cc1C(=O)CCl. The summed E-state index contributed by atoms with van der Waals surface area (Å²) in [4.78, 5) is 11.3. The highest BCUT2D eigenvalue weighted by molar-refractivity contribution is 7.89. The number of alkyl halides is 1. The van der Waals surface area contributed by atoms with Gasteiger partial charge in [-0.25, -0.2) is 13.6 Å². The van der Waals surface area contributed by atoms with E-state index in [9.17, 15) is 13.2 Å². The summed E-state index contributed by atoms with van der Waals surface area (Å²) in [5.41, 5.74) is 0.101. The fourth-order valence-corrected chi connectivity index (χ4v) is 1.84. The highest BCUT2D eigenvalue weighted by Crippen LogP contribution is 2.22. The van der Waals surface area contributed by atoms with Crippen molar-refractivity contribution in [1.29, 1.82) is 0 Å². The fraction of sp³-hybridized carbons (Fsp3) is 0.222. The van der Waals surface area contributed by atoms with Gasteiger partial charge in [-0.15, -0.1) is 11.6 Å². The summed E-state index contributed by atoms with van der Waals surface area (Å²) in [6, 6.07) is 3.78. The smallest absolute Gasteiger partial charge is 0.238 e. The van der Waals surface area contributed by atoms with Crippen molar-refractivity contribution in [2.24, 2.45) is 5.14 Å². The Labute approximate surface area is 98.2 Å². The number of ketones is 1. The second-order valence-corrected chi connectivity index (χ2v) is 4.79. The zero-order valence-electron chi connectivity index (χ0n) is 8.44. The molecule has 0 spiro atoms. The topological polar surface area (TPSA) is 86.5 Å². The zero-order chi connectivity index (χ0) is 12.3. The Morgan fingerprint density at radius 2 is 2.12 bits per heavy atom. The molecule has 0 aliphatic carbocycles. The molecule has 0 saturated carbocycles. The van der Waals surface area contributed by atoms with E-state index in [0.717, 1.165) is 6.07 Å². The number of halogens is 1. The third-order valence-corrected chi connectivity index (χ3v) is 3.07. The summed E-state index contributed by atoms with van der Waals surface area (Å²) in [7, 11) is -2.47. The standard InChI is InChI=1S/C9H10ClNO4S/c1-15-9-3-2-6(16(11,13)14)4-7(9)8(12)5-10/h2-4H,5H2,1H3,(H2,11,13,14). The van der Waals surface area contributed by atoms with Crippen LogP contribution in [0.5, 0.6) is 5.75 Å². The molecule has 0 radical (unpaired) electrons. The van der Waals surface area contributed by atoms with Crippen LogP contribution in [-0.2, 0) is 10.0 Å².